The molecule has 0 unspecified atom stereocenters. The first-order valence-corrected chi connectivity index (χ1v) is 15.2. The second-order valence-electron chi connectivity index (χ2n) is 8.93. The maximum atomic E-state index is 11.6. The van der Waals surface area contributed by atoms with Crippen LogP contribution in [0.2, 0.25) is 0 Å². The SMILES string of the molecule is C=C(C)C(=O)OCC[P+](CC)(CC)CCCCCCCCCCCCCCCC.[I-]. The van der Waals surface area contributed by atoms with Crippen molar-refractivity contribution in [3.05, 3.63) is 12.2 Å². The third kappa shape index (κ3) is 18.0. The Bertz CT molecular complexity index is 408. The van der Waals surface area contributed by atoms with Gasteiger partial charge in [-0.2, -0.15) is 0 Å². The van der Waals surface area contributed by atoms with E-state index in [4.69, 9.17) is 4.74 Å². The van der Waals surface area contributed by atoms with Gasteiger partial charge in [-0.05, 0) is 33.6 Å². The van der Waals surface area contributed by atoms with E-state index in [1.54, 1.807) is 6.92 Å². The molecule has 0 saturated heterocycles. The average Bonchev–Trinajstić information content (AvgIpc) is 2.72. The first-order valence-electron chi connectivity index (χ1n) is 12.7. The summed E-state index contributed by atoms with van der Waals surface area (Å²) in [5.74, 6) is -0.230. The van der Waals surface area contributed by atoms with Gasteiger partial charge in [0.05, 0.1) is 24.6 Å². The zero-order valence-electron chi connectivity index (χ0n) is 20.8. The molecule has 0 amide bonds. The maximum Gasteiger partial charge on any atom is 0.333 e. The molecule has 4 heteroatoms. The molecule has 0 spiro atoms. The first-order chi connectivity index (χ1) is 14.0. The van der Waals surface area contributed by atoms with Crippen molar-refractivity contribution < 1.29 is 33.5 Å². The summed E-state index contributed by atoms with van der Waals surface area (Å²) in [6.45, 7) is 12.9. The highest BCUT2D eigenvalue weighted by Crippen LogP contribution is 2.58. The lowest BCUT2D eigenvalue weighted by atomic mass is 10.0. The highest BCUT2D eigenvalue weighted by molar-refractivity contribution is 7.75. The molecule has 0 heterocycles. The van der Waals surface area contributed by atoms with Crippen LogP contribution in [0, 0.1) is 0 Å². The highest BCUT2D eigenvalue weighted by Gasteiger charge is 2.32. The van der Waals surface area contributed by atoms with Crippen LogP contribution in [-0.4, -0.2) is 37.2 Å². The van der Waals surface area contributed by atoms with E-state index in [-0.39, 0.29) is 29.9 Å². The lowest BCUT2D eigenvalue weighted by molar-refractivity contribution is -0.138. The molecule has 0 atom stereocenters. The molecule has 0 aromatic heterocycles. The van der Waals surface area contributed by atoms with E-state index in [1.807, 2.05) is 0 Å². The standard InChI is InChI=1S/C26H52O2P.HI/c1-6-9-10-11-12-13-14-15-16-17-18-19-20-21-23-29(7-2,8-3)24-22-28-26(27)25(4)5;/h4,6-24H2,1-3,5H3;1H/q+1;/p-1. The molecule has 2 nitrogen and oxygen atoms in total. The van der Waals surface area contributed by atoms with Crippen LogP contribution in [0.15, 0.2) is 12.2 Å². The molecular formula is C26H52IO2P. The number of carbonyl (C=O) groups is 1. The van der Waals surface area contributed by atoms with Crippen molar-refractivity contribution in [2.45, 2.75) is 118 Å². The maximum absolute atomic E-state index is 11.6. The molecule has 0 aliphatic rings. The Morgan fingerprint density at radius 3 is 1.47 bits per heavy atom. The number of rotatable bonds is 21. The molecule has 0 radical (unpaired) electrons. The number of halogens is 1. The van der Waals surface area contributed by atoms with E-state index in [0.29, 0.717) is 12.2 Å². The summed E-state index contributed by atoms with van der Waals surface area (Å²) in [6.07, 6.45) is 24.9. The van der Waals surface area contributed by atoms with Gasteiger partial charge in [0.1, 0.15) is 6.61 Å². The molecule has 30 heavy (non-hydrogen) atoms. The Kier molecular flexibility index (Phi) is 24.5. The topological polar surface area (TPSA) is 26.3 Å². The van der Waals surface area contributed by atoms with Gasteiger partial charge in [-0.15, -0.1) is 0 Å². The molecule has 0 N–H and O–H groups in total. The van der Waals surface area contributed by atoms with Crippen molar-refractivity contribution in [2.75, 3.05) is 31.3 Å². The number of unbranched alkanes of at least 4 members (excludes halogenated alkanes) is 13. The summed E-state index contributed by atoms with van der Waals surface area (Å²) in [6, 6.07) is 0. The van der Waals surface area contributed by atoms with E-state index in [0.717, 1.165) is 6.16 Å². The van der Waals surface area contributed by atoms with Gasteiger partial charge in [0.25, 0.3) is 0 Å². The van der Waals surface area contributed by atoms with Gasteiger partial charge in [0.15, 0.2) is 0 Å². The molecule has 0 fully saturated rings. The Balaban J connectivity index is 0. The van der Waals surface area contributed by atoms with Gasteiger partial charge >= 0.3 is 5.97 Å². The molecular weight excluding hydrogens is 502 g/mol. The molecule has 0 rings (SSSR count). The van der Waals surface area contributed by atoms with Crippen LogP contribution in [0.1, 0.15) is 118 Å². The third-order valence-electron chi connectivity index (χ3n) is 6.47. The summed E-state index contributed by atoms with van der Waals surface area (Å²) in [5.41, 5.74) is 0.508. The van der Waals surface area contributed by atoms with Crippen molar-refractivity contribution in [2.24, 2.45) is 0 Å². The Hall–Kier alpha value is 0.370. The summed E-state index contributed by atoms with van der Waals surface area (Å²) in [5, 5.41) is 0. The van der Waals surface area contributed by atoms with Crippen LogP contribution in [0.4, 0.5) is 0 Å². The van der Waals surface area contributed by atoms with Crippen LogP contribution < -0.4 is 24.0 Å². The van der Waals surface area contributed by atoms with Crippen LogP contribution in [0.3, 0.4) is 0 Å². The number of ether oxygens (including phenoxy) is 1. The molecule has 0 saturated carbocycles. The van der Waals surface area contributed by atoms with Crippen LogP contribution in [0.25, 0.3) is 0 Å². The zero-order chi connectivity index (χ0) is 21.8. The minimum atomic E-state index is -0.936. The Morgan fingerprint density at radius 2 is 1.10 bits per heavy atom. The first kappa shape index (κ1) is 32.5. The van der Waals surface area contributed by atoms with Gasteiger partial charge in [-0.1, -0.05) is 90.6 Å². The Labute approximate surface area is 207 Å². The summed E-state index contributed by atoms with van der Waals surface area (Å²) in [7, 11) is -0.936. The smallest absolute Gasteiger partial charge is 0.333 e. The van der Waals surface area contributed by atoms with E-state index >= 15 is 0 Å². The van der Waals surface area contributed by atoms with Crippen molar-refractivity contribution in [1.82, 2.24) is 0 Å². The van der Waals surface area contributed by atoms with Crippen molar-refractivity contribution >= 4 is 13.2 Å². The largest absolute Gasteiger partial charge is 1.00 e. The Morgan fingerprint density at radius 1 is 0.700 bits per heavy atom. The molecule has 0 aromatic carbocycles. The van der Waals surface area contributed by atoms with Gasteiger partial charge < -0.3 is 28.7 Å². The average molecular weight is 555 g/mol. The van der Waals surface area contributed by atoms with Gasteiger partial charge in [-0.3, -0.25) is 0 Å². The summed E-state index contributed by atoms with van der Waals surface area (Å²) in [4.78, 5) is 11.6. The second kappa shape index (κ2) is 22.6. The highest BCUT2D eigenvalue weighted by atomic mass is 127. The number of esters is 1. The van der Waals surface area contributed by atoms with Crippen molar-refractivity contribution in [3.8, 4) is 0 Å². The predicted molar refractivity (Wildman–Crippen MR) is 134 cm³/mol. The molecule has 180 valence electrons. The van der Waals surface area contributed by atoms with E-state index in [1.165, 1.54) is 108 Å². The van der Waals surface area contributed by atoms with Crippen molar-refractivity contribution in [3.63, 3.8) is 0 Å². The van der Waals surface area contributed by atoms with E-state index in [9.17, 15) is 4.79 Å². The lowest BCUT2D eigenvalue weighted by Gasteiger charge is -2.25. The van der Waals surface area contributed by atoms with E-state index < -0.39 is 7.26 Å². The fourth-order valence-electron chi connectivity index (χ4n) is 4.06. The van der Waals surface area contributed by atoms with E-state index in [2.05, 4.69) is 27.4 Å². The zero-order valence-corrected chi connectivity index (χ0v) is 23.8. The fraction of sp³-hybridized carbons (Fsp3) is 0.885. The number of hydrogen-bond donors (Lipinski definition) is 0. The van der Waals surface area contributed by atoms with Gasteiger partial charge in [0.2, 0.25) is 0 Å². The normalized spacial score (nSPS) is 11.2. The summed E-state index contributed by atoms with van der Waals surface area (Å²) >= 11 is 0. The fourth-order valence-corrected chi connectivity index (χ4v) is 7.37. The summed E-state index contributed by atoms with van der Waals surface area (Å²) < 4.78 is 5.38. The minimum absolute atomic E-state index is 0. The quantitative estimate of drug-likeness (QED) is 0.0603. The molecule has 0 bridgehead atoms. The monoisotopic (exact) mass is 554 g/mol. The van der Waals surface area contributed by atoms with Crippen LogP contribution >= 0.6 is 7.26 Å². The molecule has 0 aromatic rings. The van der Waals surface area contributed by atoms with Crippen LogP contribution in [-0.2, 0) is 9.53 Å². The third-order valence-corrected chi connectivity index (χ3v) is 11.6. The number of carbonyl (C=O) groups excluding carboxylic acids is 1. The molecule has 0 aliphatic heterocycles. The van der Waals surface area contributed by atoms with Gasteiger partial charge in [0, 0.05) is 12.8 Å². The van der Waals surface area contributed by atoms with Crippen LogP contribution in [0.5, 0.6) is 0 Å². The predicted octanol–water partition coefficient (Wildman–Crippen LogP) is 5.65. The minimum Gasteiger partial charge on any atom is -1.00 e. The number of hydrogen-bond acceptors (Lipinski definition) is 2. The molecule has 0 aliphatic carbocycles. The van der Waals surface area contributed by atoms with Gasteiger partial charge in [-0.25, -0.2) is 4.79 Å². The second-order valence-corrected chi connectivity index (χ2v) is 13.8. The lowest BCUT2D eigenvalue weighted by Crippen LogP contribution is -3.00. The van der Waals surface area contributed by atoms with Crippen molar-refractivity contribution in [1.29, 1.82) is 0 Å².